The number of aromatic amines is 1. The fourth-order valence-electron chi connectivity index (χ4n) is 3.11. The zero-order chi connectivity index (χ0) is 18.7. The summed E-state index contributed by atoms with van der Waals surface area (Å²) >= 11 is 0. The molecule has 0 unspecified atom stereocenters. The maximum atomic E-state index is 12.7. The van der Waals surface area contributed by atoms with E-state index in [2.05, 4.69) is 5.32 Å². The van der Waals surface area contributed by atoms with Gasteiger partial charge in [0.15, 0.2) is 0 Å². The molecule has 1 heterocycles. The van der Waals surface area contributed by atoms with Crippen LogP contribution in [0, 0.1) is 5.41 Å². The number of pyridine rings is 1. The molecule has 1 aliphatic rings. The standard InChI is InChI=1S/C16H19F3N2O4/c17-16(18,19)10-7-11(13(23)20-9-10)21-12(22)8-15(14(24)25)5-3-1-2-4-6-15/h7,9H,1-6,8H2,(H,20,23)(H,21,22)(H,24,25). The van der Waals surface area contributed by atoms with E-state index < -0.39 is 40.3 Å². The Hall–Kier alpha value is -2.32. The van der Waals surface area contributed by atoms with Crippen molar-refractivity contribution in [3.8, 4) is 0 Å². The molecule has 3 N–H and O–H groups in total. The van der Waals surface area contributed by atoms with Gasteiger partial charge in [0.05, 0.1) is 11.0 Å². The fraction of sp³-hybridized carbons (Fsp3) is 0.562. The van der Waals surface area contributed by atoms with Gasteiger partial charge in [-0.15, -0.1) is 0 Å². The van der Waals surface area contributed by atoms with Gasteiger partial charge in [-0.1, -0.05) is 25.7 Å². The molecule has 1 amide bonds. The van der Waals surface area contributed by atoms with E-state index in [4.69, 9.17) is 0 Å². The third-order valence-corrected chi connectivity index (χ3v) is 4.52. The van der Waals surface area contributed by atoms with Crippen LogP contribution in [0.3, 0.4) is 0 Å². The summed E-state index contributed by atoms with van der Waals surface area (Å²) < 4.78 is 38.1. The highest BCUT2D eigenvalue weighted by Gasteiger charge is 2.40. The molecule has 6 nitrogen and oxygen atoms in total. The summed E-state index contributed by atoms with van der Waals surface area (Å²) in [4.78, 5) is 37.4. The molecule has 0 atom stereocenters. The summed E-state index contributed by atoms with van der Waals surface area (Å²) in [6.45, 7) is 0. The van der Waals surface area contributed by atoms with Crippen molar-refractivity contribution in [1.29, 1.82) is 0 Å². The van der Waals surface area contributed by atoms with Gasteiger partial charge in [0.2, 0.25) is 5.91 Å². The number of aromatic nitrogens is 1. The molecular weight excluding hydrogens is 341 g/mol. The lowest BCUT2D eigenvalue weighted by Crippen LogP contribution is -2.35. The second-order valence-corrected chi connectivity index (χ2v) is 6.35. The van der Waals surface area contributed by atoms with Gasteiger partial charge in [0.1, 0.15) is 5.69 Å². The van der Waals surface area contributed by atoms with Crippen molar-refractivity contribution in [3.05, 3.63) is 28.2 Å². The summed E-state index contributed by atoms with van der Waals surface area (Å²) in [5.74, 6) is -1.88. The molecule has 1 saturated carbocycles. The Balaban J connectivity index is 2.18. The average molecular weight is 360 g/mol. The highest BCUT2D eigenvalue weighted by atomic mass is 19.4. The number of carbonyl (C=O) groups excluding carboxylic acids is 1. The third kappa shape index (κ3) is 4.61. The number of amides is 1. The van der Waals surface area contributed by atoms with Crippen LogP contribution in [0.15, 0.2) is 17.1 Å². The minimum atomic E-state index is -4.67. The van der Waals surface area contributed by atoms with Crippen LogP contribution in [0.2, 0.25) is 0 Å². The Morgan fingerprint density at radius 2 is 1.80 bits per heavy atom. The zero-order valence-corrected chi connectivity index (χ0v) is 13.4. The summed E-state index contributed by atoms with van der Waals surface area (Å²) in [7, 11) is 0. The molecule has 1 aliphatic carbocycles. The van der Waals surface area contributed by atoms with Gasteiger partial charge in [-0.3, -0.25) is 14.4 Å². The SMILES string of the molecule is O=C(CC1(C(=O)O)CCCCCC1)Nc1cc(C(F)(F)F)c[nH]c1=O. The monoisotopic (exact) mass is 360 g/mol. The van der Waals surface area contributed by atoms with Gasteiger partial charge in [-0.05, 0) is 18.9 Å². The molecule has 1 fully saturated rings. The summed E-state index contributed by atoms with van der Waals surface area (Å²) in [6, 6.07) is 0.539. The highest BCUT2D eigenvalue weighted by molar-refractivity contribution is 5.94. The number of carbonyl (C=O) groups is 2. The number of anilines is 1. The number of aliphatic carboxylic acids is 1. The van der Waals surface area contributed by atoms with E-state index in [1.807, 2.05) is 4.98 Å². The molecular formula is C16H19F3N2O4. The van der Waals surface area contributed by atoms with Gasteiger partial charge in [0.25, 0.3) is 5.56 Å². The second-order valence-electron chi connectivity index (χ2n) is 6.35. The van der Waals surface area contributed by atoms with Crippen molar-refractivity contribution in [2.24, 2.45) is 5.41 Å². The number of halogens is 3. The minimum absolute atomic E-state index is 0.328. The first kappa shape index (κ1) is 19.0. The smallest absolute Gasteiger partial charge is 0.417 e. The van der Waals surface area contributed by atoms with Crippen LogP contribution in [0.1, 0.15) is 50.5 Å². The molecule has 0 aliphatic heterocycles. The van der Waals surface area contributed by atoms with E-state index in [1.54, 1.807) is 0 Å². The predicted molar refractivity (Wildman–Crippen MR) is 83.1 cm³/mol. The molecule has 0 radical (unpaired) electrons. The van der Waals surface area contributed by atoms with Crippen LogP contribution in [0.4, 0.5) is 18.9 Å². The number of carboxylic acid groups (broad SMARTS) is 1. The van der Waals surface area contributed by atoms with Crippen molar-refractivity contribution in [1.82, 2.24) is 4.98 Å². The minimum Gasteiger partial charge on any atom is -0.481 e. The molecule has 2 rings (SSSR count). The Bertz CT molecular complexity index is 704. The van der Waals surface area contributed by atoms with E-state index in [9.17, 15) is 32.7 Å². The lowest BCUT2D eigenvalue weighted by Gasteiger charge is -2.27. The van der Waals surface area contributed by atoms with Crippen molar-refractivity contribution in [3.63, 3.8) is 0 Å². The maximum absolute atomic E-state index is 12.7. The first-order chi connectivity index (χ1) is 11.6. The quantitative estimate of drug-likeness (QED) is 0.718. The lowest BCUT2D eigenvalue weighted by atomic mass is 9.77. The van der Waals surface area contributed by atoms with Crippen LogP contribution in [0.25, 0.3) is 0 Å². The van der Waals surface area contributed by atoms with E-state index in [0.717, 1.165) is 12.8 Å². The van der Waals surface area contributed by atoms with Crippen molar-refractivity contribution in [2.45, 2.75) is 51.1 Å². The molecule has 0 saturated heterocycles. The van der Waals surface area contributed by atoms with Gasteiger partial charge >= 0.3 is 12.1 Å². The first-order valence-electron chi connectivity index (χ1n) is 7.97. The predicted octanol–water partition coefficient (Wildman–Crippen LogP) is 3.15. The molecule has 0 aromatic carbocycles. The number of hydrogen-bond acceptors (Lipinski definition) is 3. The summed E-state index contributed by atoms with van der Waals surface area (Å²) in [5, 5.41) is 11.7. The van der Waals surface area contributed by atoms with Crippen LogP contribution < -0.4 is 10.9 Å². The molecule has 0 bridgehead atoms. The van der Waals surface area contributed by atoms with Crippen molar-refractivity contribution >= 4 is 17.6 Å². The molecule has 1 aromatic rings. The van der Waals surface area contributed by atoms with Crippen LogP contribution in [0.5, 0.6) is 0 Å². The summed E-state index contributed by atoms with van der Waals surface area (Å²) in [5.41, 5.74) is -3.78. The van der Waals surface area contributed by atoms with Gasteiger partial charge in [0, 0.05) is 12.6 Å². The highest BCUT2D eigenvalue weighted by Crippen LogP contribution is 2.38. The number of carboxylic acids is 1. The normalized spacial score (nSPS) is 17.6. The number of rotatable bonds is 4. The lowest BCUT2D eigenvalue weighted by molar-refractivity contribution is -0.152. The second kappa shape index (κ2) is 7.28. The molecule has 0 spiro atoms. The molecule has 9 heteroatoms. The van der Waals surface area contributed by atoms with Gasteiger partial charge < -0.3 is 15.4 Å². The van der Waals surface area contributed by atoms with Crippen LogP contribution in [-0.4, -0.2) is 22.0 Å². The number of H-pyrrole nitrogens is 1. The molecule has 1 aromatic heterocycles. The van der Waals surface area contributed by atoms with E-state index in [-0.39, 0.29) is 6.42 Å². The van der Waals surface area contributed by atoms with Crippen LogP contribution in [-0.2, 0) is 15.8 Å². The Kier molecular flexibility index (Phi) is 5.54. The van der Waals surface area contributed by atoms with E-state index in [0.29, 0.717) is 37.9 Å². The topological polar surface area (TPSA) is 99.3 Å². The van der Waals surface area contributed by atoms with Gasteiger partial charge in [-0.2, -0.15) is 13.2 Å². The zero-order valence-electron chi connectivity index (χ0n) is 13.4. The first-order valence-corrected chi connectivity index (χ1v) is 7.97. The number of hydrogen-bond donors (Lipinski definition) is 3. The maximum Gasteiger partial charge on any atom is 0.417 e. The average Bonchev–Trinajstić information content (AvgIpc) is 2.75. The Labute approximate surface area is 141 Å². The van der Waals surface area contributed by atoms with Crippen molar-refractivity contribution in [2.75, 3.05) is 5.32 Å². The van der Waals surface area contributed by atoms with Gasteiger partial charge in [-0.25, -0.2) is 0 Å². The largest absolute Gasteiger partial charge is 0.481 e. The van der Waals surface area contributed by atoms with Crippen molar-refractivity contribution < 1.29 is 27.9 Å². The van der Waals surface area contributed by atoms with E-state index >= 15 is 0 Å². The van der Waals surface area contributed by atoms with Crippen LogP contribution >= 0.6 is 0 Å². The number of alkyl halides is 3. The Morgan fingerprint density at radius 3 is 2.32 bits per heavy atom. The fourth-order valence-corrected chi connectivity index (χ4v) is 3.11. The third-order valence-electron chi connectivity index (χ3n) is 4.52. The molecule has 25 heavy (non-hydrogen) atoms. The van der Waals surface area contributed by atoms with E-state index in [1.165, 1.54) is 0 Å². The Morgan fingerprint density at radius 1 is 1.20 bits per heavy atom. The summed E-state index contributed by atoms with van der Waals surface area (Å²) in [6.07, 6.45) is -0.780. The number of nitrogens with one attached hydrogen (secondary N) is 2. The molecule has 138 valence electrons.